The number of hydrogen-bond acceptors (Lipinski definition) is 2. The maximum absolute atomic E-state index is 5.86. The first-order valence-corrected chi connectivity index (χ1v) is 4.74. The molecule has 3 aliphatic rings. The van der Waals surface area contributed by atoms with Crippen molar-refractivity contribution >= 4 is 0 Å². The Bertz CT molecular complexity index is 188. The number of fused-ring (bicyclic) bond motifs is 2. The van der Waals surface area contributed by atoms with Crippen LogP contribution in [0, 0.1) is 5.92 Å². The van der Waals surface area contributed by atoms with E-state index in [-0.39, 0.29) is 0 Å². The normalized spacial score (nSPS) is 46.6. The highest BCUT2D eigenvalue weighted by atomic mass is 16.7. The van der Waals surface area contributed by atoms with Crippen molar-refractivity contribution in [3.05, 3.63) is 0 Å². The summed E-state index contributed by atoms with van der Waals surface area (Å²) < 4.78 is 0. The minimum Gasteiger partial charge on any atom is -0.292 e. The van der Waals surface area contributed by atoms with Crippen LogP contribution in [-0.4, -0.2) is 23.8 Å². The minimum absolute atomic E-state index is 0.343. The molecule has 0 bridgehead atoms. The fraction of sp³-hybridized carbons (Fsp3) is 1.00. The third kappa shape index (κ3) is 0.695. The molecule has 2 saturated carbocycles. The second-order valence-corrected chi connectivity index (χ2v) is 4.31. The van der Waals surface area contributed by atoms with E-state index in [4.69, 9.17) is 4.84 Å². The molecule has 62 valence electrons. The van der Waals surface area contributed by atoms with Crippen molar-refractivity contribution in [2.75, 3.05) is 7.05 Å². The summed E-state index contributed by atoms with van der Waals surface area (Å²) in [6.07, 6.45) is 6.83. The van der Waals surface area contributed by atoms with E-state index in [2.05, 4.69) is 12.1 Å². The third-order valence-electron chi connectivity index (χ3n) is 3.69. The van der Waals surface area contributed by atoms with Crippen LogP contribution in [0.5, 0.6) is 0 Å². The Morgan fingerprint density at radius 1 is 1.36 bits per heavy atom. The van der Waals surface area contributed by atoms with Crippen LogP contribution in [-0.2, 0) is 4.84 Å². The number of nitrogens with zero attached hydrogens (tertiary/aromatic N) is 1. The summed E-state index contributed by atoms with van der Waals surface area (Å²) in [5.41, 5.74) is 0.343. The van der Waals surface area contributed by atoms with E-state index < -0.39 is 0 Å². The largest absolute Gasteiger partial charge is 0.292 e. The highest BCUT2D eigenvalue weighted by molar-refractivity contribution is 5.09. The zero-order valence-corrected chi connectivity index (χ0v) is 7.05. The first-order valence-electron chi connectivity index (χ1n) is 4.74. The maximum Gasteiger partial charge on any atom is 0.0945 e. The Morgan fingerprint density at radius 3 is 2.91 bits per heavy atom. The SMILES string of the molecule is CN1OC2(CC2)[C@@H]2CCC[C@@H]21. The van der Waals surface area contributed by atoms with Crippen LogP contribution in [0.2, 0.25) is 0 Å². The Balaban J connectivity index is 1.91. The summed E-state index contributed by atoms with van der Waals surface area (Å²) in [5, 5.41) is 2.13. The van der Waals surface area contributed by atoms with Gasteiger partial charge in [0, 0.05) is 19.0 Å². The molecular weight excluding hydrogens is 138 g/mol. The van der Waals surface area contributed by atoms with Crippen molar-refractivity contribution in [1.29, 1.82) is 0 Å². The standard InChI is InChI=1S/C9H15NO/c1-10-8-4-2-3-7(8)9(11-10)5-6-9/h7-8H,2-6H2,1H3/t7-,8+/m1/s1. The average Bonchev–Trinajstić information content (AvgIpc) is 2.52. The number of hydroxylamine groups is 2. The Labute approximate surface area is 67.5 Å². The highest BCUT2D eigenvalue weighted by Crippen LogP contribution is 2.57. The second kappa shape index (κ2) is 1.80. The number of hydrogen-bond donors (Lipinski definition) is 0. The molecule has 0 aromatic rings. The molecule has 1 heterocycles. The Kier molecular flexibility index (Phi) is 1.06. The molecule has 0 N–H and O–H groups in total. The molecule has 2 atom stereocenters. The molecule has 1 spiro atoms. The zero-order chi connectivity index (χ0) is 7.47. The van der Waals surface area contributed by atoms with E-state index in [0.717, 1.165) is 12.0 Å². The monoisotopic (exact) mass is 153 g/mol. The highest BCUT2D eigenvalue weighted by Gasteiger charge is 2.61. The van der Waals surface area contributed by atoms with Gasteiger partial charge in [-0.1, -0.05) is 6.42 Å². The Morgan fingerprint density at radius 2 is 2.18 bits per heavy atom. The summed E-state index contributed by atoms with van der Waals surface area (Å²) >= 11 is 0. The molecule has 0 amide bonds. The van der Waals surface area contributed by atoms with Gasteiger partial charge in [0.05, 0.1) is 5.60 Å². The van der Waals surface area contributed by atoms with Gasteiger partial charge in [0.15, 0.2) is 0 Å². The summed E-state index contributed by atoms with van der Waals surface area (Å²) in [4.78, 5) is 5.86. The Hall–Kier alpha value is -0.0800. The molecule has 0 radical (unpaired) electrons. The van der Waals surface area contributed by atoms with Gasteiger partial charge in [-0.2, -0.15) is 5.06 Å². The van der Waals surface area contributed by atoms with Crippen LogP contribution in [0.1, 0.15) is 32.1 Å². The van der Waals surface area contributed by atoms with Crippen molar-refractivity contribution < 1.29 is 4.84 Å². The van der Waals surface area contributed by atoms with Gasteiger partial charge >= 0.3 is 0 Å². The van der Waals surface area contributed by atoms with Gasteiger partial charge in [-0.3, -0.25) is 4.84 Å². The third-order valence-corrected chi connectivity index (χ3v) is 3.69. The maximum atomic E-state index is 5.86. The minimum atomic E-state index is 0.343. The van der Waals surface area contributed by atoms with Crippen LogP contribution < -0.4 is 0 Å². The van der Waals surface area contributed by atoms with Crippen LogP contribution >= 0.6 is 0 Å². The smallest absolute Gasteiger partial charge is 0.0945 e. The van der Waals surface area contributed by atoms with Gasteiger partial charge in [0.2, 0.25) is 0 Å². The lowest BCUT2D eigenvalue weighted by Gasteiger charge is -2.14. The summed E-state index contributed by atoms with van der Waals surface area (Å²) in [5.74, 6) is 0.882. The molecular formula is C9H15NO. The van der Waals surface area contributed by atoms with Gasteiger partial charge < -0.3 is 0 Å². The van der Waals surface area contributed by atoms with Gasteiger partial charge in [0.25, 0.3) is 0 Å². The average molecular weight is 153 g/mol. The molecule has 11 heavy (non-hydrogen) atoms. The van der Waals surface area contributed by atoms with Crippen LogP contribution in [0.4, 0.5) is 0 Å². The molecule has 3 fully saturated rings. The molecule has 2 heteroatoms. The van der Waals surface area contributed by atoms with Crippen molar-refractivity contribution in [1.82, 2.24) is 5.06 Å². The first kappa shape index (κ1) is 6.44. The fourth-order valence-electron chi connectivity index (χ4n) is 3.00. The van der Waals surface area contributed by atoms with Gasteiger partial charge in [0.1, 0.15) is 0 Å². The summed E-state index contributed by atoms with van der Waals surface area (Å²) in [7, 11) is 2.11. The summed E-state index contributed by atoms with van der Waals surface area (Å²) in [6.45, 7) is 0. The van der Waals surface area contributed by atoms with Crippen molar-refractivity contribution in [3.63, 3.8) is 0 Å². The van der Waals surface area contributed by atoms with Crippen molar-refractivity contribution in [2.24, 2.45) is 5.92 Å². The van der Waals surface area contributed by atoms with Gasteiger partial charge in [-0.05, 0) is 25.7 Å². The predicted octanol–water partition coefficient (Wildman–Crippen LogP) is 1.56. The predicted molar refractivity (Wildman–Crippen MR) is 41.9 cm³/mol. The first-order chi connectivity index (χ1) is 5.32. The molecule has 3 rings (SSSR count). The number of rotatable bonds is 0. The molecule has 2 aliphatic carbocycles. The lowest BCUT2D eigenvalue weighted by Crippen LogP contribution is -2.24. The topological polar surface area (TPSA) is 12.5 Å². The van der Waals surface area contributed by atoms with Crippen LogP contribution in [0.15, 0.2) is 0 Å². The van der Waals surface area contributed by atoms with E-state index in [1.54, 1.807) is 0 Å². The molecule has 0 aromatic heterocycles. The molecule has 0 aromatic carbocycles. The van der Waals surface area contributed by atoms with Crippen LogP contribution in [0.25, 0.3) is 0 Å². The van der Waals surface area contributed by atoms with E-state index in [0.29, 0.717) is 5.60 Å². The van der Waals surface area contributed by atoms with Crippen molar-refractivity contribution in [2.45, 2.75) is 43.7 Å². The van der Waals surface area contributed by atoms with E-state index in [1.165, 1.54) is 32.1 Å². The quantitative estimate of drug-likeness (QED) is 0.523. The molecule has 1 aliphatic heterocycles. The van der Waals surface area contributed by atoms with E-state index in [1.807, 2.05) is 0 Å². The molecule has 0 unspecified atom stereocenters. The van der Waals surface area contributed by atoms with Gasteiger partial charge in [-0.15, -0.1) is 0 Å². The summed E-state index contributed by atoms with van der Waals surface area (Å²) in [6, 6.07) is 0.762. The van der Waals surface area contributed by atoms with Gasteiger partial charge in [-0.25, -0.2) is 0 Å². The second-order valence-electron chi connectivity index (χ2n) is 4.31. The van der Waals surface area contributed by atoms with E-state index >= 15 is 0 Å². The lowest BCUT2D eigenvalue weighted by molar-refractivity contribution is -0.157. The molecule has 2 nitrogen and oxygen atoms in total. The molecule has 1 saturated heterocycles. The lowest BCUT2D eigenvalue weighted by atomic mass is 9.96. The van der Waals surface area contributed by atoms with Crippen molar-refractivity contribution in [3.8, 4) is 0 Å². The van der Waals surface area contributed by atoms with E-state index in [9.17, 15) is 0 Å². The zero-order valence-electron chi connectivity index (χ0n) is 7.05. The fourth-order valence-corrected chi connectivity index (χ4v) is 3.00. The van der Waals surface area contributed by atoms with Crippen LogP contribution in [0.3, 0.4) is 0 Å².